The SMILES string of the molecule is CCNC(c1ccc(F)cc1)c1ccn(C)n1. The third-order valence-corrected chi connectivity index (χ3v) is 2.64. The maximum atomic E-state index is 12.9. The number of aromatic nitrogens is 2. The van der Waals surface area contributed by atoms with Crippen LogP contribution in [0, 0.1) is 5.82 Å². The normalized spacial score (nSPS) is 12.6. The van der Waals surface area contributed by atoms with E-state index in [9.17, 15) is 4.39 Å². The Kier molecular flexibility index (Phi) is 3.54. The van der Waals surface area contributed by atoms with Gasteiger partial charge in [-0.15, -0.1) is 0 Å². The van der Waals surface area contributed by atoms with E-state index < -0.39 is 0 Å². The summed E-state index contributed by atoms with van der Waals surface area (Å²) in [6, 6.07) is 8.51. The van der Waals surface area contributed by atoms with Crippen molar-refractivity contribution in [2.45, 2.75) is 13.0 Å². The Bertz CT molecular complexity index is 476. The second-order valence-electron chi connectivity index (χ2n) is 3.96. The first-order valence-corrected chi connectivity index (χ1v) is 5.69. The predicted molar refractivity (Wildman–Crippen MR) is 65.1 cm³/mol. The molecule has 1 aromatic carbocycles. The summed E-state index contributed by atoms with van der Waals surface area (Å²) in [6.45, 7) is 2.87. The zero-order valence-electron chi connectivity index (χ0n) is 10.0. The topological polar surface area (TPSA) is 29.9 Å². The maximum Gasteiger partial charge on any atom is 0.123 e. The zero-order valence-corrected chi connectivity index (χ0v) is 10.0. The minimum atomic E-state index is -0.218. The van der Waals surface area contributed by atoms with Crippen molar-refractivity contribution in [3.8, 4) is 0 Å². The number of nitrogens with one attached hydrogen (secondary N) is 1. The highest BCUT2D eigenvalue weighted by atomic mass is 19.1. The molecule has 0 saturated heterocycles. The van der Waals surface area contributed by atoms with Crippen LogP contribution in [0.1, 0.15) is 24.2 Å². The van der Waals surface area contributed by atoms with Gasteiger partial charge in [-0.05, 0) is 30.3 Å². The van der Waals surface area contributed by atoms with Crippen molar-refractivity contribution in [3.63, 3.8) is 0 Å². The van der Waals surface area contributed by atoms with E-state index in [1.54, 1.807) is 16.8 Å². The van der Waals surface area contributed by atoms with Gasteiger partial charge in [0.15, 0.2) is 0 Å². The summed E-state index contributed by atoms with van der Waals surface area (Å²) in [5, 5.41) is 7.74. The lowest BCUT2D eigenvalue weighted by molar-refractivity contribution is 0.594. The second kappa shape index (κ2) is 5.10. The Morgan fingerprint density at radius 1 is 1.29 bits per heavy atom. The third kappa shape index (κ3) is 2.71. The van der Waals surface area contributed by atoms with Crippen LogP contribution in [0.5, 0.6) is 0 Å². The molecule has 0 spiro atoms. The average molecular weight is 233 g/mol. The summed E-state index contributed by atoms with van der Waals surface area (Å²) in [7, 11) is 1.89. The molecule has 1 heterocycles. The molecule has 1 atom stereocenters. The first-order chi connectivity index (χ1) is 8.20. The molecule has 3 nitrogen and oxygen atoms in total. The zero-order chi connectivity index (χ0) is 12.3. The van der Waals surface area contributed by atoms with Crippen molar-refractivity contribution in [1.82, 2.24) is 15.1 Å². The molecule has 2 rings (SSSR count). The van der Waals surface area contributed by atoms with Crippen molar-refractivity contribution < 1.29 is 4.39 Å². The highest BCUT2D eigenvalue weighted by Gasteiger charge is 2.15. The highest BCUT2D eigenvalue weighted by molar-refractivity contribution is 5.27. The lowest BCUT2D eigenvalue weighted by Gasteiger charge is -2.16. The highest BCUT2D eigenvalue weighted by Crippen LogP contribution is 2.20. The van der Waals surface area contributed by atoms with Crippen molar-refractivity contribution in [3.05, 3.63) is 53.6 Å². The first kappa shape index (κ1) is 11.8. The average Bonchev–Trinajstić information content (AvgIpc) is 2.74. The molecule has 0 bridgehead atoms. The lowest BCUT2D eigenvalue weighted by atomic mass is 10.0. The molecule has 0 radical (unpaired) electrons. The maximum absolute atomic E-state index is 12.9. The Hall–Kier alpha value is -1.68. The van der Waals surface area contributed by atoms with Crippen LogP contribution >= 0.6 is 0 Å². The standard InChI is InChI=1S/C13H16FN3/c1-3-15-13(12-8-9-17(2)16-12)10-4-6-11(14)7-5-10/h4-9,13,15H,3H2,1-2H3. The van der Waals surface area contributed by atoms with E-state index in [4.69, 9.17) is 0 Å². The van der Waals surface area contributed by atoms with Crippen LogP contribution in [-0.4, -0.2) is 16.3 Å². The van der Waals surface area contributed by atoms with Crippen LogP contribution in [-0.2, 0) is 7.05 Å². The summed E-state index contributed by atoms with van der Waals surface area (Å²) in [5.41, 5.74) is 1.97. The van der Waals surface area contributed by atoms with Crippen LogP contribution in [0.15, 0.2) is 36.5 Å². The third-order valence-electron chi connectivity index (χ3n) is 2.64. The molecule has 0 amide bonds. The van der Waals surface area contributed by atoms with Gasteiger partial charge in [0.25, 0.3) is 0 Å². The number of hydrogen-bond acceptors (Lipinski definition) is 2. The largest absolute Gasteiger partial charge is 0.305 e. The molecule has 0 aliphatic heterocycles. The lowest BCUT2D eigenvalue weighted by Crippen LogP contribution is -2.22. The van der Waals surface area contributed by atoms with E-state index in [0.29, 0.717) is 0 Å². The number of rotatable bonds is 4. The number of hydrogen-bond donors (Lipinski definition) is 1. The van der Waals surface area contributed by atoms with Gasteiger partial charge in [0.1, 0.15) is 5.82 Å². The van der Waals surface area contributed by atoms with Crippen molar-refractivity contribution in [2.75, 3.05) is 6.54 Å². The van der Waals surface area contributed by atoms with Gasteiger partial charge in [-0.2, -0.15) is 5.10 Å². The van der Waals surface area contributed by atoms with Gasteiger partial charge in [0.2, 0.25) is 0 Å². The fourth-order valence-corrected chi connectivity index (χ4v) is 1.84. The summed E-state index contributed by atoms with van der Waals surface area (Å²) in [6.07, 6.45) is 1.91. The first-order valence-electron chi connectivity index (χ1n) is 5.69. The van der Waals surface area contributed by atoms with Crippen LogP contribution in [0.2, 0.25) is 0 Å². The van der Waals surface area contributed by atoms with E-state index in [-0.39, 0.29) is 11.9 Å². The fraction of sp³-hybridized carbons (Fsp3) is 0.308. The molecule has 1 aromatic heterocycles. The quantitative estimate of drug-likeness (QED) is 0.877. The molecule has 1 unspecified atom stereocenters. The van der Waals surface area contributed by atoms with Gasteiger partial charge in [-0.25, -0.2) is 4.39 Å². The molecule has 0 aliphatic carbocycles. The van der Waals surface area contributed by atoms with E-state index in [1.165, 1.54) is 12.1 Å². The Morgan fingerprint density at radius 2 is 2.00 bits per heavy atom. The summed E-state index contributed by atoms with van der Waals surface area (Å²) in [4.78, 5) is 0. The summed E-state index contributed by atoms with van der Waals surface area (Å²) >= 11 is 0. The number of aryl methyl sites for hydroxylation is 1. The van der Waals surface area contributed by atoms with Gasteiger partial charge in [0.05, 0.1) is 11.7 Å². The van der Waals surface area contributed by atoms with Gasteiger partial charge in [-0.1, -0.05) is 19.1 Å². The number of nitrogens with zero attached hydrogens (tertiary/aromatic N) is 2. The fourth-order valence-electron chi connectivity index (χ4n) is 1.84. The monoisotopic (exact) mass is 233 g/mol. The molecule has 1 N–H and O–H groups in total. The molecule has 4 heteroatoms. The van der Waals surface area contributed by atoms with Gasteiger partial charge >= 0.3 is 0 Å². The molecule has 0 aliphatic rings. The molecular formula is C13H16FN3. The van der Waals surface area contributed by atoms with Crippen LogP contribution in [0.3, 0.4) is 0 Å². The number of halogens is 1. The van der Waals surface area contributed by atoms with Crippen molar-refractivity contribution >= 4 is 0 Å². The Labute approximate surface area is 100 Å². The summed E-state index contributed by atoms with van der Waals surface area (Å²) in [5.74, 6) is -0.218. The van der Waals surface area contributed by atoms with Crippen molar-refractivity contribution in [2.24, 2.45) is 7.05 Å². The minimum absolute atomic E-state index is 0.0156. The summed E-state index contributed by atoms with van der Waals surface area (Å²) < 4.78 is 14.7. The van der Waals surface area contributed by atoms with Gasteiger partial charge < -0.3 is 5.32 Å². The van der Waals surface area contributed by atoms with E-state index >= 15 is 0 Å². The molecule has 17 heavy (non-hydrogen) atoms. The van der Waals surface area contributed by atoms with Crippen LogP contribution in [0.4, 0.5) is 4.39 Å². The molecule has 90 valence electrons. The second-order valence-corrected chi connectivity index (χ2v) is 3.96. The van der Waals surface area contributed by atoms with E-state index in [2.05, 4.69) is 10.4 Å². The van der Waals surface area contributed by atoms with Crippen LogP contribution in [0.25, 0.3) is 0 Å². The van der Waals surface area contributed by atoms with Crippen molar-refractivity contribution in [1.29, 1.82) is 0 Å². The minimum Gasteiger partial charge on any atom is -0.305 e. The van der Waals surface area contributed by atoms with Gasteiger partial charge in [0, 0.05) is 13.2 Å². The van der Waals surface area contributed by atoms with E-state index in [0.717, 1.165) is 17.8 Å². The van der Waals surface area contributed by atoms with E-state index in [1.807, 2.05) is 26.2 Å². The molecule has 0 fully saturated rings. The number of benzene rings is 1. The molecule has 0 saturated carbocycles. The smallest absolute Gasteiger partial charge is 0.123 e. The van der Waals surface area contributed by atoms with Gasteiger partial charge in [-0.3, -0.25) is 4.68 Å². The molecule has 2 aromatic rings. The predicted octanol–water partition coefficient (Wildman–Crippen LogP) is 2.26. The Morgan fingerprint density at radius 3 is 2.53 bits per heavy atom. The molecular weight excluding hydrogens is 217 g/mol. The van der Waals surface area contributed by atoms with Crippen LogP contribution < -0.4 is 5.32 Å². The Balaban J connectivity index is 2.31.